The Hall–Kier alpha value is -4.68. The molecule has 4 rings (SSSR count). The zero-order chi connectivity index (χ0) is 28.6. The highest BCUT2D eigenvalue weighted by atomic mass is 16.2. The Balaban J connectivity index is 1.43. The lowest BCUT2D eigenvalue weighted by Crippen LogP contribution is -2.46. The molecule has 0 spiro atoms. The van der Waals surface area contributed by atoms with Crippen LogP contribution >= 0.6 is 0 Å². The van der Waals surface area contributed by atoms with Crippen molar-refractivity contribution in [3.8, 4) is 0 Å². The van der Waals surface area contributed by atoms with Crippen LogP contribution in [0.2, 0.25) is 0 Å². The van der Waals surface area contributed by atoms with E-state index in [-0.39, 0.29) is 49.3 Å². The summed E-state index contributed by atoms with van der Waals surface area (Å²) in [7, 11) is 0. The molecule has 0 aromatic carbocycles. The predicted molar refractivity (Wildman–Crippen MR) is 143 cm³/mol. The molecule has 4 amide bonds. The number of hydrogen-bond donors (Lipinski definition) is 4. The lowest BCUT2D eigenvalue weighted by Gasteiger charge is -2.20. The molecule has 0 radical (unpaired) electrons. The second-order valence-electron chi connectivity index (χ2n) is 9.75. The van der Waals surface area contributed by atoms with E-state index in [0.29, 0.717) is 11.8 Å². The number of carbonyl (C=O) groups is 5. The van der Waals surface area contributed by atoms with Crippen molar-refractivity contribution in [3.05, 3.63) is 64.9 Å². The lowest BCUT2D eigenvalue weighted by atomic mass is 10.0. The molecule has 2 aromatic heterocycles. The fourth-order valence-electron chi connectivity index (χ4n) is 4.90. The lowest BCUT2D eigenvalue weighted by molar-refractivity contribution is -0.138. The van der Waals surface area contributed by atoms with Crippen LogP contribution in [0.1, 0.15) is 43.1 Å². The van der Waals surface area contributed by atoms with Gasteiger partial charge in [0.1, 0.15) is 18.3 Å². The van der Waals surface area contributed by atoms with Crippen LogP contribution in [-0.2, 0) is 25.7 Å². The van der Waals surface area contributed by atoms with E-state index in [1.165, 1.54) is 41.2 Å². The number of Topliss-reactive ketones (excluding diaryl/α,β-unsaturated/α-hetero) is 1. The first-order valence-corrected chi connectivity index (χ1v) is 13.1. The van der Waals surface area contributed by atoms with Crippen molar-refractivity contribution in [2.75, 3.05) is 11.9 Å². The summed E-state index contributed by atoms with van der Waals surface area (Å²) in [5.41, 5.74) is -0.789. The van der Waals surface area contributed by atoms with Crippen molar-refractivity contribution in [3.63, 3.8) is 0 Å². The van der Waals surface area contributed by atoms with E-state index >= 15 is 0 Å². The molecule has 13 heteroatoms. The van der Waals surface area contributed by atoms with Gasteiger partial charge in [0.25, 0.3) is 17.4 Å². The number of amides is 4. The Morgan fingerprint density at radius 1 is 1.10 bits per heavy atom. The predicted octanol–water partition coefficient (Wildman–Crippen LogP) is -0.0584. The fraction of sp³-hybridized carbons (Fsp3) is 0.407. The van der Waals surface area contributed by atoms with Crippen LogP contribution < -0.4 is 26.8 Å². The second-order valence-corrected chi connectivity index (χ2v) is 9.75. The van der Waals surface area contributed by atoms with Gasteiger partial charge in [-0.1, -0.05) is 12.2 Å². The van der Waals surface area contributed by atoms with Gasteiger partial charge < -0.3 is 25.8 Å². The standard InChI is InChI=1S/C27H31N7O6/c1-2-28-26(39)22(35)10-9-18(31-25(38)19-5-3-11-29-33-19)24(37)32-20-6-4-12-34(27(20)40)15-23(36)30-21-14-16-7-8-17(21)13-16/h3-8,11-12,16-18,21H,2,9-10,13-15H2,1H3,(H,28,39)(H,30,36)(H,31,38)(H,32,37)/t16?,17?,18-,21?/m0/s1. The molecular weight excluding hydrogens is 518 g/mol. The molecule has 2 aliphatic rings. The molecule has 2 heterocycles. The van der Waals surface area contributed by atoms with Crippen molar-refractivity contribution in [2.45, 2.75) is 51.2 Å². The van der Waals surface area contributed by atoms with Crippen LogP contribution in [0.5, 0.6) is 0 Å². The van der Waals surface area contributed by atoms with E-state index in [4.69, 9.17) is 0 Å². The van der Waals surface area contributed by atoms with E-state index < -0.39 is 35.1 Å². The van der Waals surface area contributed by atoms with E-state index in [0.717, 1.165) is 12.8 Å². The number of hydrogen-bond acceptors (Lipinski definition) is 8. The maximum absolute atomic E-state index is 13.2. The highest BCUT2D eigenvalue weighted by molar-refractivity contribution is 6.36. The summed E-state index contributed by atoms with van der Waals surface area (Å²) in [6, 6.07) is 4.53. The molecule has 2 bridgehead atoms. The van der Waals surface area contributed by atoms with Crippen LogP contribution in [0.25, 0.3) is 0 Å². The first kappa shape index (κ1) is 28.3. The molecule has 3 unspecified atom stereocenters. The van der Waals surface area contributed by atoms with Crippen molar-refractivity contribution >= 4 is 35.1 Å². The molecule has 2 aliphatic carbocycles. The molecule has 40 heavy (non-hydrogen) atoms. The Bertz CT molecular complexity index is 1370. The number of fused-ring (bicyclic) bond motifs is 2. The fourth-order valence-corrected chi connectivity index (χ4v) is 4.90. The van der Waals surface area contributed by atoms with E-state index in [1.807, 2.05) is 0 Å². The molecule has 1 saturated carbocycles. The first-order valence-electron chi connectivity index (χ1n) is 13.1. The van der Waals surface area contributed by atoms with Gasteiger partial charge in [-0.05, 0) is 62.3 Å². The number of likely N-dealkylation sites (N-methyl/N-ethyl adjacent to an activating group) is 1. The maximum atomic E-state index is 13.2. The Labute approximate surface area is 229 Å². The van der Waals surface area contributed by atoms with Crippen LogP contribution in [0.15, 0.2) is 53.6 Å². The van der Waals surface area contributed by atoms with Crippen LogP contribution in [0.3, 0.4) is 0 Å². The monoisotopic (exact) mass is 549 g/mol. The molecule has 4 atom stereocenters. The van der Waals surface area contributed by atoms with Gasteiger partial charge in [-0.3, -0.25) is 28.8 Å². The third-order valence-electron chi connectivity index (χ3n) is 6.89. The second kappa shape index (κ2) is 12.9. The first-order chi connectivity index (χ1) is 19.2. The number of anilines is 1. The number of carbonyl (C=O) groups excluding carboxylic acids is 5. The van der Waals surface area contributed by atoms with Crippen LogP contribution in [0.4, 0.5) is 5.69 Å². The number of pyridine rings is 1. The Morgan fingerprint density at radius 3 is 2.60 bits per heavy atom. The van der Waals surface area contributed by atoms with Crippen molar-refractivity contribution in [1.29, 1.82) is 0 Å². The van der Waals surface area contributed by atoms with Crippen LogP contribution in [-0.4, -0.2) is 62.8 Å². The van der Waals surface area contributed by atoms with Gasteiger partial charge in [0.2, 0.25) is 17.6 Å². The SMILES string of the molecule is CCNC(=O)C(=O)CC[C@H](NC(=O)c1cccnn1)C(=O)Nc1cccn(CC(=O)NC2CC3C=CC2C3)c1=O. The highest BCUT2D eigenvalue weighted by Crippen LogP contribution is 2.38. The number of nitrogens with zero attached hydrogens (tertiary/aromatic N) is 3. The number of allylic oxidation sites excluding steroid dienone is 1. The van der Waals surface area contributed by atoms with Crippen LogP contribution in [0, 0.1) is 11.8 Å². The molecule has 13 nitrogen and oxygen atoms in total. The summed E-state index contributed by atoms with van der Waals surface area (Å²) in [4.78, 5) is 75.5. The van der Waals surface area contributed by atoms with Gasteiger partial charge in [-0.2, -0.15) is 5.10 Å². The van der Waals surface area contributed by atoms with E-state index in [9.17, 15) is 28.8 Å². The largest absolute Gasteiger partial charge is 0.351 e. The average Bonchev–Trinajstić information content (AvgIpc) is 3.57. The molecule has 210 valence electrons. The summed E-state index contributed by atoms with van der Waals surface area (Å²) < 4.78 is 1.18. The van der Waals surface area contributed by atoms with Gasteiger partial charge in [-0.15, -0.1) is 5.10 Å². The van der Waals surface area contributed by atoms with Gasteiger partial charge in [0.15, 0.2) is 5.69 Å². The molecule has 2 aromatic rings. The third kappa shape index (κ3) is 7.04. The maximum Gasteiger partial charge on any atom is 0.287 e. The normalized spacial score (nSPS) is 19.5. The average molecular weight is 550 g/mol. The molecule has 0 saturated heterocycles. The molecular formula is C27H31N7O6. The Kier molecular flexibility index (Phi) is 9.15. The zero-order valence-electron chi connectivity index (χ0n) is 22.0. The summed E-state index contributed by atoms with van der Waals surface area (Å²) in [5.74, 6) is -2.58. The minimum absolute atomic E-state index is 0.0434. The summed E-state index contributed by atoms with van der Waals surface area (Å²) >= 11 is 0. The van der Waals surface area contributed by atoms with Gasteiger partial charge in [-0.25, -0.2) is 0 Å². The Morgan fingerprint density at radius 2 is 1.93 bits per heavy atom. The number of rotatable bonds is 12. The van der Waals surface area contributed by atoms with E-state index in [1.54, 1.807) is 6.92 Å². The molecule has 0 aliphatic heterocycles. The van der Waals surface area contributed by atoms with Gasteiger partial charge in [0.05, 0.1) is 0 Å². The quantitative estimate of drug-likeness (QED) is 0.210. The van der Waals surface area contributed by atoms with E-state index in [2.05, 4.69) is 43.6 Å². The number of aromatic nitrogens is 3. The summed E-state index contributed by atoms with van der Waals surface area (Å²) in [6.07, 6.45) is 8.46. The zero-order valence-corrected chi connectivity index (χ0v) is 22.0. The number of ketones is 1. The van der Waals surface area contributed by atoms with Crippen molar-refractivity contribution in [1.82, 2.24) is 30.7 Å². The molecule has 1 fully saturated rings. The minimum Gasteiger partial charge on any atom is -0.351 e. The number of nitrogens with one attached hydrogen (secondary N) is 4. The minimum atomic E-state index is -1.28. The highest BCUT2D eigenvalue weighted by Gasteiger charge is 2.36. The molecule has 4 N–H and O–H groups in total. The third-order valence-corrected chi connectivity index (χ3v) is 6.89. The van der Waals surface area contributed by atoms with Gasteiger partial charge >= 0.3 is 0 Å². The topological polar surface area (TPSA) is 181 Å². The summed E-state index contributed by atoms with van der Waals surface area (Å²) in [5, 5.41) is 17.7. The van der Waals surface area contributed by atoms with Gasteiger partial charge in [0, 0.05) is 31.4 Å². The van der Waals surface area contributed by atoms with Crippen molar-refractivity contribution < 1.29 is 24.0 Å². The van der Waals surface area contributed by atoms with Crippen molar-refractivity contribution in [2.24, 2.45) is 11.8 Å². The summed E-state index contributed by atoms with van der Waals surface area (Å²) in [6.45, 7) is 1.69. The smallest absolute Gasteiger partial charge is 0.287 e.